The van der Waals surface area contributed by atoms with Gasteiger partial charge < -0.3 is 15.4 Å². The van der Waals surface area contributed by atoms with Crippen LogP contribution in [-0.4, -0.2) is 40.4 Å². The topological polar surface area (TPSA) is 114 Å². The van der Waals surface area contributed by atoms with Crippen LogP contribution in [0, 0.1) is 5.92 Å². The van der Waals surface area contributed by atoms with Gasteiger partial charge in [-0.1, -0.05) is 37.5 Å². The van der Waals surface area contributed by atoms with Crippen LogP contribution in [0.15, 0.2) is 53.4 Å². The van der Waals surface area contributed by atoms with E-state index in [4.69, 9.17) is 4.74 Å². The fraction of sp³-hybridized carbons (Fsp3) is 0.391. The smallest absolute Gasteiger partial charge is 0.262 e. The average molecular weight is 460 g/mol. The van der Waals surface area contributed by atoms with Crippen LogP contribution in [0.5, 0.6) is 5.75 Å². The molecule has 1 fully saturated rings. The monoisotopic (exact) mass is 459 g/mol. The second kappa shape index (κ2) is 11.0. The Morgan fingerprint density at radius 1 is 0.969 bits per heavy atom. The fourth-order valence-corrected chi connectivity index (χ4v) is 4.83. The molecule has 8 nitrogen and oxygen atoms in total. The summed E-state index contributed by atoms with van der Waals surface area (Å²) in [4.78, 5) is 24.6. The number of hydrogen-bond donors (Lipinski definition) is 3. The summed E-state index contributed by atoms with van der Waals surface area (Å²) in [6.07, 6.45) is 5.19. The minimum Gasteiger partial charge on any atom is -0.495 e. The predicted octanol–water partition coefficient (Wildman–Crippen LogP) is 2.92. The van der Waals surface area contributed by atoms with Gasteiger partial charge in [0.1, 0.15) is 5.75 Å². The molecule has 0 saturated heterocycles. The first-order valence-corrected chi connectivity index (χ1v) is 12.2. The summed E-state index contributed by atoms with van der Waals surface area (Å²) in [5, 5.41) is 5.58. The number of amides is 2. The average Bonchev–Trinajstić information content (AvgIpc) is 2.82. The SMILES string of the molecule is COc1ccccc1NS(=O)(=O)c1cccc(C(=O)NCCNC(=O)C2CCCCC2)c1. The molecular formula is C23H29N3O5S. The van der Waals surface area contributed by atoms with Crippen molar-refractivity contribution in [2.75, 3.05) is 24.9 Å². The second-order valence-corrected chi connectivity index (χ2v) is 9.40. The number of nitrogens with one attached hydrogen (secondary N) is 3. The van der Waals surface area contributed by atoms with E-state index in [0.29, 0.717) is 18.0 Å². The lowest BCUT2D eigenvalue weighted by Crippen LogP contribution is -2.38. The van der Waals surface area contributed by atoms with Crippen LogP contribution in [0.2, 0.25) is 0 Å². The number of anilines is 1. The first-order chi connectivity index (χ1) is 15.4. The highest BCUT2D eigenvalue weighted by molar-refractivity contribution is 7.92. The zero-order valence-corrected chi connectivity index (χ0v) is 18.9. The number of ether oxygens (including phenoxy) is 1. The lowest BCUT2D eigenvalue weighted by Gasteiger charge is -2.20. The second-order valence-electron chi connectivity index (χ2n) is 7.72. The predicted molar refractivity (Wildman–Crippen MR) is 122 cm³/mol. The number of sulfonamides is 1. The lowest BCUT2D eigenvalue weighted by atomic mass is 9.89. The normalized spacial score (nSPS) is 14.4. The van der Waals surface area contributed by atoms with Gasteiger partial charge in [-0.2, -0.15) is 0 Å². The van der Waals surface area contributed by atoms with Crippen molar-refractivity contribution in [3.8, 4) is 5.75 Å². The van der Waals surface area contributed by atoms with Crippen molar-refractivity contribution in [1.29, 1.82) is 0 Å². The van der Waals surface area contributed by atoms with Gasteiger partial charge in [-0.3, -0.25) is 14.3 Å². The standard InChI is InChI=1S/C23H29N3O5S/c1-31-21-13-6-5-12-20(21)26-32(29,30)19-11-7-10-18(16-19)23(28)25-15-14-24-22(27)17-8-3-2-4-9-17/h5-7,10-13,16-17,26H,2-4,8-9,14-15H2,1H3,(H,24,27)(H,25,28). The Labute approximate surface area is 188 Å². The molecule has 2 aromatic rings. The number of benzene rings is 2. The van der Waals surface area contributed by atoms with Gasteiger partial charge in [0.2, 0.25) is 5.91 Å². The van der Waals surface area contributed by atoms with Crippen molar-refractivity contribution in [2.45, 2.75) is 37.0 Å². The molecule has 0 unspecified atom stereocenters. The third-order valence-corrected chi connectivity index (χ3v) is 6.81. The molecule has 0 aromatic heterocycles. The largest absolute Gasteiger partial charge is 0.495 e. The maximum absolute atomic E-state index is 12.8. The van der Waals surface area contributed by atoms with Crippen molar-refractivity contribution in [3.63, 3.8) is 0 Å². The Hall–Kier alpha value is -3.07. The fourth-order valence-electron chi connectivity index (χ4n) is 3.71. The summed E-state index contributed by atoms with van der Waals surface area (Å²) < 4.78 is 33.2. The van der Waals surface area contributed by atoms with Gasteiger partial charge in [-0.25, -0.2) is 8.42 Å². The molecule has 2 amide bonds. The molecule has 0 bridgehead atoms. The highest BCUT2D eigenvalue weighted by Crippen LogP contribution is 2.26. The number of rotatable bonds is 9. The molecular weight excluding hydrogens is 430 g/mol. The summed E-state index contributed by atoms with van der Waals surface area (Å²) in [5.74, 6) is 0.0815. The minimum absolute atomic E-state index is 0.0365. The zero-order chi connectivity index (χ0) is 23.0. The number of carbonyl (C=O) groups is 2. The zero-order valence-electron chi connectivity index (χ0n) is 18.1. The molecule has 3 N–H and O–H groups in total. The number of hydrogen-bond acceptors (Lipinski definition) is 5. The van der Waals surface area contributed by atoms with Crippen LogP contribution < -0.4 is 20.1 Å². The van der Waals surface area contributed by atoms with E-state index in [0.717, 1.165) is 25.7 Å². The molecule has 3 rings (SSSR count). The van der Waals surface area contributed by atoms with Crippen molar-refractivity contribution >= 4 is 27.5 Å². The molecule has 172 valence electrons. The van der Waals surface area contributed by atoms with Gasteiger partial charge in [0.15, 0.2) is 0 Å². The molecule has 0 atom stereocenters. The summed E-state index contributed by atoms with van der Waals surface area (Å²) in [5.41, 5.74) is 0.519. The molecule has 0 spiro atoms. The van der Waals surface area contributed by atoms with E-state index in [1.165, 1.54) is 37.8 Å². The third-order valence-electron chi connectivity index (χ3n) is 5.44. The van der Waals surface area contributed by atoms with Crippen LogP contribution in [0.4, 0.5) is 5.69 Å². The Balaban J connectivity index is 1.56. The maximum atomic E-state index is 12.8. The van der Waals surface area contributed by atoms with Gasteiger partial charge in [0, 0.05) is 24.6 Å². The van der Waals surface area contributed by atoms with Gasteiger partial charge in [-0.05, 0) is 43.2 Å². The van der Waals surface area contributed by atoms with Crippen LogP contribution >= 0.6 is 0 Å². The Morgan fingerprint density at radius 2 is 1.69 bits per heavy atom. The molecule has 1 aliphatic carbocycles. The number of methoxy groups -OCH3 is 1. The highest BCUT2D eigenvalue weighted by atomic mass is 32.2. The first kappa shape index (κ1) is 23.6. The summed E-state index contributed by atoms with van der Waals surface area (Å²) >= 11 is 0. The van der Waals surface area contributed by atoms with Crippen molar-refractivity contribution < 1.29 is 22.7 Å². The molecule has 1 aliphatic rings. The van der Waals surface area contributed by atoms with Crippen LogP contribution in [-0.2, 0) is 14.8 Å². The van der Waals surface area contributed by atoms with Gasteiger partial charge in [0.05, 0.1) is 17.7 Å². The van der Waals surface area contributed by atoms with E-state index in [1.807, 2.05) is 0 Å². The van der Waals surface area contributed by atoms with Gasteiger partial charge in [-0.15, -0.1) is 0 Å². The third kappa shape index (κ3) is 6.23. The first-order valence-electron chi connectivity index (χ1n) is 10.7. The van der Waals surface area contributed by atoms with Crippen LogP contribution in [0.25, 0.3) is 0 Å². The molecule has 0 radical (unpaired) electrons. The highest BCUT2D eigenvalue weighted by Gasteiger charge is 2.21. The van der Waals surface area contributed by atoms with Crippen LogP contribution in [0.3, 0.4) is 0 Å². The number of carbonyl (C=O) groups excluding carboxylic acids is 2. The summed E-state index contributed by atoms with van der Waals surface area (Å²) in [7, 11) is -2.46. The Bertz CT molecular complexity index is 1050. The summed E-state index contributed by atoms with van der Waals surface area (Å²) in [6.45, 7) is 0.585. The quantitative estimate of drug-likeness (QED) is 0.499. The lowest BCUT2D eigenvalue weighted by molar-refractivity contribution is -0.125. The Kier molecular flexibility index (Phi) is 8.10. The molecule has 2 aromatic carbocycles. The summed E-state index contributed by atoms with van der Waals surface area (Å²) in [6, 6.07) is 12.4. The van der Waals surface area contributed by atoms with E-state index >= 15 is 0 Å². The minimum atomic E-state index is -3.92. The van der Waals surface area contributed by atoms with E-state index < -0.39 is 15.9 Å². The van der Waals surface area contributed by atoms with E-state index in [1.54, 1.807) is 24.3 Å². The van der Waals surface area contributed by atoms with Crippen molar-refractivity contribution in [1.82, 2.24) is 10.6 Å². The molecule has 32 heavy (non-hydrogen) atoms. The van der Waals surface area contributed by atoms with Crippen LogP contribution in [0.1, 0.15) is 42.5 Å². The number of para-hydroxylation sites is 2. The van der Waals surface area contributed by atoms with Gasteiger partial charge in [0.25, 0.3) is 15.9 Å². The molecule has 0 aliphatic heterocycles. The molecule has 0 heterocycles. The van der Waals surface area contributed by atoms with Gasteiger partial charge >= 0.3 is 0 Å². The van der Waals surface area contributed by atoms with E-state index in [9.17, 15) is 18.0 Å². The van der Waals surface area contributed by atoms with E-state index in [2.05, 4.69) is 15.4 Å². The Morgan fingerprint density at radius 3 is 2.44 bits per heavy atom. The molecule has 9 heteroatoms. The van der Waals surface area contributed by atoms with E-state index in [-0.39, 0.29) is 28.8 Å². The van der Waals surface area contributed by atoms with Crippen molar-refractivity contribution in [3.05, 3.63) is 54.1 Å². The maximum Gasteiger partial charge on any atom is 0.262 e. The molecule has 1 saturated carbocycles. The van der Waals surface area contributed by atoms with Crippen molar-refractivity contribution in [2.24, 2.45) is 5.92 Å².